The van der Waals surface area contributed by atoms with Gasteiger partial charge in [-0.1, -0.05) is 42.5 Å². The number of benzene rings is 2. The number of anilines is 1. The molecule has 1 atom stereocenters. The topological polar surface area (TPSA) is 73.1 Å². The minimum absolute atomic E-state index is 0.234. The van der Waals surface area contributed by atoms with E-state index in [1.807, 2.05) is 37.3 Å². The van der Waals surface area contributed by atoms with Crippen LogP contribution < -0.4 is 5.32 Å². The molecule has 0 aromatic heterocycles. The highest BCUT2D eigenvalue weighted by Gasteiger charge is 2.19. The number of hydrogen-bond donors (Lipinski definition) is 2. The molecule has 4 heteroatoms. The summed E-state index contributed by atoms with van der Waals surface area (Å²) in [6, 6.07) is 16.7. The summed E-state index contributed by atoms with van der Waals surface area (Å²) < 4.78 is 0. The van der Waals surface area contributed by atoms with Crippen molar-refractivity contribution < 1.29 is 9.90 Å². The number of aryl methyl sites for hydroxylation is 1. The van der Waals surface area contributed by atoms with Gasteiger partial charge in [-0.25, -0.2) is 0 Å². The van der Waals surface area contributed by atoms with Crippen molar-refractivity contribution in [3.05, 3.63) is 65.2 Å². The smallest absolute Gasteiger partial charge is 0.312 e. The monoisotopic (exact) mass is 280 g/mol. The van der Waals surface area contributed by atoms with Crippen molar-refractivity contribution >= 4 is 11.7 Å². The number of nitrogens with one attached hydrogen (secondary N) is 1. The molecule has 0 aliphatic rings. The molecule has 2 N–H and O–H groups in total. The van der Waals surface area contributed by atoms with Crippen LogP contribution in [0.3, 0.4) is 0 Å². The van der Waals surface area contributed by atoms with Gasteiger partial charge in [0, 0.05) is 6.54 Å². The number of nitrogens with zero attached hydrogens (tertiary/aromatic N) is 1. The van der Waals surface area contributed by atoms with Crippen molar-refractivity contribution in [1.29, 1.82) is 5.26 Å². The summed E-state index contributed by atoms with van der Waals surface area (Å²) in [6.07, 6.45) is 0. The lowest BCUT2D eigenvalue weighted by Gasteiger charge is -2.16. The highest BCUT2D eigenvalue weighted by molar-refractivity contribution is 5.77. The van der Waals surface area contributed by atoms with E-state index >= 15 is 0 Å². The number of carbonyl (C=O) groups is 1. The first-order chi connectivity index (χ1) is 10.1. The van der Waals surface area contributed by atoms with Crippen LogP contribution in [0.15, 0.2) is 48.5 Å². The molecule has 0 heterocycles. The zero-order valence-electron chi connectivity index (χ0n) is 11.7. The minimum Gasteiger partial charge on any atom is -0.481 e. The molecule has 0 saturated carbocycles. The summed E-state index contributed by atoms with van der Waals surface area (Å²) in [6.45, 7) is 2.09. The van der Waals surface area contributed by atoms with E-state index in [4.69, 9.17) is 0 Å². The number of hydrogen-bond acceptors (Lipinski definition) is 3. The molecule has 2 rings (SSSR count). The molecule has 1 unspecified atom stereocenters. The van der Waals surface area contributed by atoms with Gasteiger partial charge < -0.3 is 10.4 Å². The Morgan fingerprint density at radius 3 is 2.57 bits per heavy atom. The van der Waals surface area contributed by atoms with Gasteiger partial charge in [-0.05, 0) is 24.1 Å². The van der Waals surface area contributed by atoms with Crippen molar-refractivity contribution in [2.24, 2.45) is 0 Å². The van der Waals surface area contributed by atoms with Gasteiger partial charge in [-0.3, -0.25) is 4.79 Å². The first-order valence-corrected chi connectivity index (χ1v) is 6.65. The third kappa shape index (κ3) is 3.40. The van der Waals surface area contributed by atoms with E-state index in [1.165, 1.54) is 0 Å². The highest BCUT2D eigenvalue weighted by atomic mass is 16.4. The predicted molar refractivity (Wildman–Crippen MR) is 81.2 cm³/mol. The summed E-state index contributed by atoms with van der Waals surface area (Å²) in [5.74, 6) is -1.54. The van der Waals surface area contributed by atoms with Crippen molar-refractivity contribution in [2.45, 2.75) is 12.8 Å². The fraction of sp³-hybridized carbons (Fsp3) is 0.176. The maximum absolute atomic E-state index is 11.4. The first-order valence-electron chi connectivity index (χ1n) is 6.65. The largest absolute Gasteiger partial charge is 0.481 e. The van der Waals surface area contributed by atoms with Crippen molar-refractivity contribution in [3.63, 3.8) is 0 Å². The SMILES string of the molecule is Cc1cccc(NCC(C(=O)O)c2ccccc2)c1C#N. The molecule has 2 aromatic carbocycles. The molecule has 4 nitrogen and oxygen atoms in total. The van der Waals surface area contributed by atoms with Gasteiger partial charge in [0.25, 0.3) is 0 Å². The van der Waals surface area contributed by atoms with Crippen molar-refractivity contribution in [2.75, 3.05) is 11.9 Å². The lowest BCUT2D eigenvalue weighted by molar-refractivity contribution is -0.138. The lowest BCUT2D eigenvalue weighted by Crippen LogP contribution is -2.21. The van der Waals surface area contributed by atoms with Gasteiger partial charge in [0.2, 0.25) is 0 Å². The van der Waals surface area contributed by atoms with Crippen LogP contribution in [0.2, 0.25) is 0 Å². The number of nitriles is 1. The van der Waals surface area contributed by atoms with Crippen LogP contribution >= 0.6 is 0 Å². The van der Waals surface area contributed by atoms with Gasteiger partial charge in [-0.15, -0.1) is 0 Å². The molecule has 0 saturated heterocycles. The van der Waals surface area contributed by atoms with Gasteiger partial charge in [0.05, 0.1) is 17.2 Å². The zero-order chi connectivity index (χ0) is 15.2. The summed E-state index contributed by atoms with van der Waals surface area (Å²) >= 11 is 0. The molecule has 0 amide bonds. The molecule has 0 aliphatic carbocycles. The standard InChI is InChI=1S/C17H16N2O2/c1-12-6-5-9-16(14(12)10-18)19-11-15(17(20)21)13-7-3-2-4-8-13/h2-9,15,19H,11H2,1H3,(H,20,21). The van der Waals surface area contributed by atoms with Crippen LogP contribution in [0.25, 0.3) is 0 Å². The maximum atomic E-state index is 11.4. The van der Waals surface area contributed by atoms with Crippen LogP contribution in [-0.2, 0) is 4.79 Å². The van der Waals surface area contributed by atoms with E-state index in [0.717, 1.165) is 11.1 Å². The molecular formula is C17H16N2O2. The normalized spacial score (nSPS) is 11.4. The second-order valence-corrected chi connectivity index (χ2v) is 4.79. The Morgan fingerprint density at radius 2 is 1.95 bits per heavy atom. The second-order valence-electron chi connectivity index (χ2n) is 4.79. The average molecular weight is 280 g/mol. The zero-order valence-corrected chi connectivity index (χ0v) is 11.7. The lowest BCUT2D eigenvalue weighted by atomic mass is 9.99. The molecule has 0 spiro atoms. The molecule has 0 aliphatic heterocycles. The molecule has 2 aromatic rings. The third-order valence-corrected chi connectivity index (χ3v) is 3.38. The number of rotatable bonds is 5. The Hall–Kier alpha value is -2.80. The number of carboxylic acids is 1. The summed E-state index contributed by atoms with van der Waals surface area (Å²) in [5.41, 5.74) is 2.83. The highest BCUT2D eigenvalue weighted by Crippen LogP contribution is 2.21. The molecular weight excluding hydrogens is 264 g/mol. The molecule has 0 radical (unpaired) electrons. The van der Waals surface area contributed by atoms with Gasteiger partial charge in [-0.2, -0.15) is 5.26 Å². The Labute approximate surface area is 123 Å². The fourth-order valence-electron chi connectivity index (χ4n) is 2.21. The molecule has 0 bridgehead atoms. The first kappa shape index (κ1) is 14.6. The van der Waals surface area contributed by atoms with Gasteiger partial charge in [0.1, 0.15) is 6.07 Å². The minimum atomic E-state index is -0.889. The van der Waals surface area contributed by atoms with E-state index in [0.29, 0.717) is 11.3 Å². The summed E-state index contributed by atoms with van der Waals surface area (Å²) in [5, 5.41) is 21.6. The van der Waals surface area contributed by atoms with Crippen LogP contribution in [0, 0.1) is 18.3 Å². The number of aliphatic carboxylic acids is 1. The number of carboxylic acid groups (broad SMARTS) is 1. The third-order valence-electron chi connectivity index (χ3n) is 3.38. The fourth-order valence-corrected chi connectivity index (χ4v) is 2.21. The Kier molecular flexibility index (Phi) is 4.57. The Morgan fingerprint density at radius 1 is 1.24 bits per heavy atom. The predicted octanol–water partition coefficient (Wildman–Crippen LogP) is 3.15. The van der Waals surface area contributed by atoms with Gasteiger partial charge >= 0.3 is 5.97 Å². The molecule has 21 heavy (non-hydrogen) atoms. The van der Waals surface area contributed by atoms with Crippen LogP contribution in [0.5, 0.6) is 0 Å². The van der Waals surface area contributed by atoms with E-state index in [-0.39, 0.29) is 6.54 Å². The summed E-state index contributed by atoms with van der Waals surface area (Å²) in [7, 11) is 0. The van der Waals surface area contributed by atoms with Gasteiger partial charge in [0.15, 0.2) is 0 Å². The maximum Gasteiger partial charge on any atom is 0.312 e. The van der Waals surface area contributed by atoms with Crippen LogP contribution in [0.1, 0.15) is 22.6 Å². The van der Waals surface area contributed by atoms with E-state index in [1.54, 1.807) is 18.2 Å². The Balaban J connectivity index is 2.20. The van der Waals surface area contributed by atoms with E-state index < -0.39 is 11.9 Å². The molecule has 0 fully saturated rings. The Bertz CT molecular complexity index is 675. The van der Waals surface area contributed by atoms with Crippen LogP contribution in [0.4, 0.5) is 5.69 Å². The second kappa shape index (κ2) is 6.58. The van der Waals surface area contributed by atoms with Crippen molar-refractivity contribution in [1.82, 2.24) is 0 Å². The summed E-state index contributed by atoms with van der Waals surface area (Å²) in [4.78, 5) is 11.4. The van der Waals surface area contributed by atoms with Crippen LogP contribution in [-0.4, -0.2) is 17.6 Å². The van der Waals surface area contributed by atoms with E-state index in [2.05, 4.69) is 11.4 Å². The average Bonchev–Trinajstić information content (AvgIpc) is 2.48. The van der Waals surface area contributed by atoms with E-state index in [9.17, 15) is 15.2 Å². The van der Waals surface area contributed by atoms with Crippen molar-refractivity contribution in [3.8, 4) is 6.07 Å². The molecule has 106 valence electrons. The quantitative estimate of drug-likeness (QED) is 0.882.